The van der Waals surface area contributed by atoms with E-state index in [0.29, 0.717) is 0 Å². The zero-order valence-corrected chi connectivity index (χ0v) is 6.44. The molecule has 0 bridgehead atoms. The van der Waals surface area contributed by atoms with Gasteiger partial charge in [-0.25, -0.2) is 0 Å². The molecule has 1 aromatic rings. The van der Waals surface area contributed by atoms with Crippen molar-refractivity contribution in [2.45, 2.75) is 13.0 Å². The summed E-state index contributed by atoms with van der Waals surface area (Å²) < 4.78 is 0. The first-order valence-electron chi connectivity index (χ1n) is 3.55. The molecule has 1 heterocycles. The molecule has 0 aliphatic heterocycles. The molecule has 0 saturated heterocycles. The van der Waals surface area contributed by atoms with Crippen LogP contribution in [0.3, 0.4) is 0 Å². The van der Waals surface area contributed by atoms with Gasteiger partial charge in [0.1, 0.15) is 0 Å². The lowest BCUT2D eigenvalue weighted by Gasteiger charge is -2.02. The number of aromatic nitrogens is 1. The van der Waals surface area contributed by atoms with Crippen molar-refractivity contribution in [3.05, 3.63) is 42.2 Å². The van der Waals surface area contributed by atoms with E-state index in [-0.39, 0.29) is 0 Å². The van der Waals surface area contributed by atoms with Crippen LogP contribution in [0, 0.1) is 0 Å². The molecule has 0 saturated carbocycles. The molecule has 1 unspecified atom stereocenters. The van der Waals surface area contributed by atoms with E-state index in [1.165, 1.54) is 0 Å². The molecular formula is C9H11NO. The van der Waals surface area contributed by atoms with E-state index < -0.39 is 6.10 Å². The minimum Gasteiger partial charge on any atom is -0.384 e. The van der Waals surface area contributed by atoms with E-state index in [0.717, 1.165) is 5.56 Å². The molecule has 11 heavy (non-hydrogen) atoms. The largest absolute Gasteiger partial charge is 0.384 e. The van der Waals surface area contributed by atoms with Crippen LogP contribution < -0.4 is 0 Å². The van der Waals surface area contributed by atoms with Gasteiger partial charge in [-0.05, 0) is 13.0 Å². The maximum absolute atomic E-state index is 9.39. The van der Waals surface area contributed by atoms with E-state index in [2.05, 4.69) is 4.98 Å². The highest BCUT2D eigenvalue weighted by Gasteiger charge is 1.99. The molecular weight excluding hydrogens is 138 g/mol. The van der Waals surface area contributed by atoms with Crippen molar-refractivity contribution in [2.75, 3.05) is 0 Å². The van der Waals surface area contributed by atoms with Gasteiger partial charge < -0.3 is 5.11 Å². The van der Waals surface area contributed by atoms with Crippen LogP contribution in [-0.2, 0) is 0 Å². The first-order chi connectivity index (χ1) is 5.34. The van der Waals surface area contributed by atoms with Gasteiger partial charge >= 0.3 is 0 Å². The first kappa shape index (κ1) is 7.95. The Balaban J connectivity index is 2.76. The van der Waals surface area contributed by atoms with Gasteiger partial charge in [0.15, 0.2) is 0 Å². The van der Waals surface area contributed by atoms with E-state index in [1.54, 1.807) is 18.5 Å². The Bertz CT molecular complexity index is 231. The minimum atomic E-state index is -0.520. The standard InChI is InChI=1S/C9H11NO/c1-2-4-9(11)8-5-3-6-10-7-8/h2-7,9,11H,1H3/b4-2-. The number of pyridine rings is 1. The van der Waals surface area contributed by atoms with Crippen molar-refractivity contribution in [3.63, 3.8) is 0 Å². The molecule has 0 aliphatic rings. The Morgan fingerprint density at radius 3 is 3.00 bits per heavy atom. The molecule has 1 atom stereocenters. The van der Waals surface area contributed by atoms with Gasteiger partial charge in [-0.1, -0.05) is 18.2 Å². The summed E-state index contributed by atoms with van der Waals surface area (Å²) in [6.07, 6.45) is 6.36. The molecule has 1 N–H and O–H groups in total. The molecule has 2 heteroatoms. The Hall–Kier alpha value is -1.15. The molecule has 1 aromatic heterocycles. The summed E-state index contributed by atoms with van der Waals surface area (Å²) in [5.41, 5.74) is 0.825. The highest BCUT2D eigenvalue weighted by atomic mass is 16.3. The van der Waals surface area contributed by atoms with E-state index >= 15 is 0 Å². The van der Waals surface area contributed by atoms with Gasteiger partial charge in [0.2, 0.25) is 0 Å². The second kappa shape index (κ2) is 3.88. The maximum Gasteiger partial charge on any atom is 0.0986 e. The van der Waals surface area contributed by atoms with Crippen LogP contribution in [0.15, 0.2) is 36.7 Å². The Labute approximate surface area is 66.2 Å². The molecule has 0 radical (unpaired) electrons. The van der Waals surface area contributed by atoms with Gasteiger partial charge in [0.05, 0.1) is 6.10 Å². The molecule has 0 aliphatic carbocycles. The Morgan fingerprint density at radius 2 is 2.45 bits per heavy atom. The third-order valence-electron chi connectivity index (χ3n) is 1.40. The van der Waals surface area contributed by atoms with Gasteiger partial charge in [-0.15, -0.1) is 0 Å². The SMILES string of the molecule is C/C=C\C(O)c1cccnc1. The van der Waals surface area contributed by atoms with E-state index in [1.807, 2.05) is 25.1 Å². The molecule has 0 aromatic carbocycles. The summed E-state index contributed by atoms with van der Waals surface area (Å²) in [7, 11) is 0. The monoisotopic (exact) mass is 149 g/mol. The lowest BCUT2D eigenvalue weighted by atomic mass is 10.1. The highest BCUT2D eigenvalue weighted by molar-refractivity contribution is 5.16. The van der Waals surface area contributed by atoms with Crippen LogP contribution >= 0.6 is 0 Å². The number of nitrogens with zero attached hydrogens (tertiary/aromatic N) is 1. The number of rotatable bonds is 2. The third-order valence-corrected chi connectivity index (χ3v) is 1.40. The fourth-order valence-electron chi connectivity index (χ4n) is 0.844. The van der Waals surface area contributed by atoms with Crippen LogP contribution in [0.1, 0.15) is 18.6 Å². The zero-order valence-electron chi connectivity index (χ0n) is 6.44. The Morgan fingerprint density at radius 1 is 1.64 bits per heavy atom. The molecule has 58 valence electrons. The summed E-state index contributed by atoms with van der Waals surface area (Å²) in [4.78, 5) is 3.89. The van der Waals surface area contributed by atoms with Gasteiger partial charge in [0.25, 0.3) is 0 Å². The second-order valence-corrected chi connectivity index (χ2v) is 2.26. The third kappa shape index (κ3) is 2.16. The number of hydrogen-bond donors (Lipinski definition) is 1. The molecule has 0 fully saturated rings. The predicted molar refractivity (Wildman–Crippen MR) is 44.0 cm³/mol. The normalized spacial score (nSPS) is 13.6. The topological polar surface area (TPSA) is 33.1 Å². The number of hydrogen-bond acceptors (Lipinski definition) is 2. The van der Waals surface area contributed by atoms with Gasteiger partial charge in [-0.2, -0.15) is 0 Å². The van der Waals surface area contributed by atoms with Crippen molar-refractivity contribution in [1.29, 1.82) is 0 Å². The van der Waals surface area contributed by atoms with E-state index in [4.69, 9.17) is 0 Å². The number of allylic oxidation sites excluding steroid dienone is 1. The van der Waals surface area contributed by atoms with Crippen molar-refractivity contribution < 1.29 is 5.11 Å². The number of aliphatic hydroxyl groups is 1. The fourth-order valence-corrected chi connectivity index (χ4v) is 0.844. The molecule has 2 nitrogen and oxygen atoms in total. The number of aliphatic hydroxyl groups excluding tert-OH is 1. The van der Waals surface area contributed by atoms with Crippen LogP contribution in [0.5, 0.6) is 0 Å². The molecule has 0 spiro atoms. The predicted octanol–water partition coefficient (Wildman–Crippen LogP) is 1.69. The van der Waals surface area contributed by atoms with Crippen molar-refractivity contribution in [1.82, 2.24) is 4.98 Å². The van der Waals surface area contributed by atoms with Crippen molar-refractivity contribution in [3.8, 4) is 0 Å². The molecule has 1 rings (SSSR count). The zero-order chi connectivity index (χ0) is 8.10. The Kier molecular flexibility index (Phi) is 2.81. The second-order valence-electron chi connectivity index (χ2n) is 2.26. The lowest BCUT2D eigenvalue weighted by Crippen LogP contribution is -1.92. The average Bonchev–Trinajstić information content (AvgIpc) is 2.07. The average molecular weight is 149 g/mol. The lowest BCUT2D eigenvalue weighted by molar-refractivity contribution is 0.228. The summed E-state index contributed by atoms with van der Waals surface area (Å²) in [5.74, 6) is 0. The quantitative estimate of drug-likeness (QED) is 0.649. The summed E-state index contributed by atoms with van der Waals surface area (Å²) in [6, 6.07) is 3.65. The summed E-state index contributed by atoms with van der Waals surface area (Å²) >= 11 is 0. The van der Waals surface area contributed by atoms with Crippen LogP contribution in [0.25, 0.3) is 0 Å². The summed E-state index contributed by atoms with van der Waals surface area (Å²) in [6.45, 7) is 1.87. The maximum atomic E-state index is 9.39. The summed E-state index contributed by atoms with van der Waals surface area (Å²) in [5, 5.41) is 9.39. The van der Waals surface area contributed by atoms with Crippen LogP contribution in [-0.4, -0.2) is 10.1 Å². The van der Waals surface area contributed by atoms with Gasteiger partial charge in [0, 0.05) is 18.0 Å². The van der Waals surface area contributed by atoms with Crippen LogP contribution in [0.4, 0.5) is 0 Å². The van der Waals surface area contributed by atoms with Crippen LogP contribution in [0.2, 0.25) is 0 Å². The van der Waals surface area contributed by atoms with Crippen molar-refractivity contribution in [2.24, 2.45) is 0 Å². The molecule has 0 amide bonds. The van der Waals surface area contributed by atoms with Crippen molar-refractivity contribution >= 4 is 0 Å². The minimum absolute atomic E-state index is 0.520. The first-order valence-corrected chi connectivity index (χ1v) is 3.55. The fraction of sp³-hybridized carbons (Fsp3) is 0.222. The highest BCUT2D eigenvalue weighted by Crippen LogP contribution is 2.11. The van der Waals surface area contributed by atoms with E-state index in [9.17, 15) is 5.11 Å². The van der Waals surface area contributed by atoms with Gasteiger partial charge in [-0.3, -0.25) is 4.98 Å². The smallest absolute Gasteiger partial charge is 0.0986 e.